The summed E-state index contributed by atoms with van der Waals surface area (Å²) in [5, 5.41) is 8.76. The van der Waals surface area contributed by atoms with E-state index in [0.29, 0.717) is 6.54 Å². The van der Waals surface area contributed by atoms with Gasteiger partial charge in [-0.2, -0.15) is 9.25 Å². The molecule has 1 heterocycles. The van der Waals surface area contributed by atoms with Gasteiger partial charge < -0.3 is 0 Å². The van der Waals surface area contributed by atoms with Gasteiger partial charge in [-0.1, -0.05) is 0 Å². The van der Waals surface area contributed by atoms with E-state index in [9.17, 15) is 4.57 Å². The van der Waals surface area contributed by atoms with Crippen molar-refractivity contribution in [2.45, 2.75) is 6.92 Å². The van der Waals surface area contributed by atoms with Gasteiger partial charge in [-0.25, -0.2) is 9.82 Å². The van der Waals surface area contributed by atoms with Gasteiger partial charge in [-0.15, -0.1) is 4.67 Å². The Morgan fingerprint density at radius 3 is 2.67 bits per heavy atom. The Balaban J connectivity index is 2.33. The molecule has 9 heavy (non-hydrogen) atoms. The number of rotatable bonds is 2. The number of hydrogen-bond donors (Lipinski definition) is 1. The molecule has 1 aliphatic heterocycles. The van der Waals surface area contributed by atoms with E-state index in [1.165, 1.54) is 0 Å². The zero-order valence-corrected chi connectivity index (χ0v) is 5.58. The summed E-state index contributed by atoms with van der Waals surface area (Å²) in [6, 6.07) is 0. The van der Waals surface area contributed by atoms with Crippen LogP contribution in [0.15, 0.2) is 0 Å². The van der Waals surface area contributed by atoms with E-state index in [4.69, 9.17) is 5.26 Å². The molecule has 0 bridgehead atoms. The normalized spacial score (nSPS) is 25.6. The van der Waals surface area contributed by atoms with Crippen LogP contribution in [0, 0.1) is 0 Å². The van der Waals surface area contributed by atoms with Crippen LogP contribution in [0.25, 0.3) is 0 Å². The lowest BCUT2D eigenvalue weighted by atomic mass is 10.8. The molecule has 1 saturated heterocycles. The minimum atomic E-state index is -3.56. The molecule has 0 amide bonds. The van der Waals surface area contributed by atoms with Gasteiger partial charge in [-0.3, -0.25) is 0 Å². The van der Waals surface area contributed by atoms with Gasteiger partial charge >= 0.3 is 7.82 Å². The lowest BCUT2D eigenvalue weighted by molar-refractivity contribution is -0.374. The Labute approximate surface area is 51.4 Å². The summed E-state index contributed by atoms with van der Waals surface area (Å²) in [5.74, 6) is 0. The molecule has 1 aliphatic rings. The molecule has 1 fully saturated rings. The number of phosphoric acid groups is 1. The zero-order chi connectivity index (χ0) is 6.91. The first-order chi connectivity index (χ1) is 4.20. The van der Waals surface area contributed by atoms with Crippen LogP contribution in [0.5, 0.6) is 0 Å². The van der Waals surface area contributed by atoms with Crippen LogP contribution in [-0.4, -0.2) is 17.0 Å². The van der Waals surface area contributed by atoms with Crippen molar-refractivity contribution < 1.29 is 23.7 Å². The molecule has 0 aromatic carbocycles. The molecule has 7 heteroatoms. The van der Waals surface area contributed by atoms with Crippen molar-refractivity contribution in [3.8, 4) is 0 Å². The number of hydroxylamine groups is 2. The topological polar surface area (TPSA) is 68.2 Å². The van der Waals surface area contributed by atoms with Crippen LogP contribution in [0.4, 0.5) is 0 Å². The van der Waals surface area contributed by atoms with E-state index < -0.39 is 7.82 Å². The van der Waals surface area contributed by atoms with Crippen LogP contribution in [0.3, 0.4) is 0 Å². The average molecular weight is 155 g/mol. The summed E-state index contributed by atoms with van der Waals surface area (Å²) >= 11 is 0. The fourth-order valence-electron chi connectivity index (χ4n) is 0.374. The van der Waals surface area contributed by atoms with Gasteiger partial charge in [0.2, 0.25) is 0 Å². The van der Waals surface area contributed by atoms with E-state index in [1.54, 1.807) is 6.92 Å². The monoisotopic (exact) mass is 155 g/mol. The van der Waals surface area contributed by atoms with Crippen molar-refractivity contribution in [3.05, 3.63) is 0 Å². The van der Waals surface area contributed by atoms with Crippen molar-refractivity contribution in [3.63, 3.8) is 0 Å². The third-order valence-corrected chi connectivity index (χ3v) is 1.70. The summed E-state index contributed by atoms with van der Waals surface area (Å²) in [6.07, 6.45) is 0. The molecular formula is C2H6NO5P. The first kappa shape index (κ1) is 7.14. The molecule has 0 aromatic rings. The molecule has 6 nitrogen and oxygen atoms in total. The van der Waals surface area contributed by atoms with Gasteiger partial charge in [0.05, 0.1) is 6.54 Å². The third kappa shape index (κ3) is 1.29. The maximum absolute atomic E-state index is 10.4. The summed E-state index contributed by atoms with van der Waals surface area (Å²) in [5.41, 5.74) is 0. The van der Waals surface area contributed by atoms with E-state index in [1.807, 2.05) is 0 Å². The first-order valence-corrected chi connectivity index (χ1v) is 3.76. The van der Waals surface area contributed by atoms with Crippen LogP contribution >= 0.6 is 7.82 Å². The molecule has 0 unspecified atom stereocenters. The third-order valence-electron chi connectivity index (χ3n) is 0.740. The highest BCUT2D eigenvalue weighted by molar-refractivity contribution is 7.49. The standard InChI is InChI=1S/C2H6NO5P/c1-2-3-6-9(5,7-3)8-4/h4H,2H2,1H3. The second-order valence-electron chi connectivity index (χ2n) is 1.34. The summed E-state index contributed by atoms with van der Waals surface area (Å²) < 4.78 is 22.5. The van der Waals surface area contributed by atoms with Crippen molar-refractivity contribution in [2.24, 2.45) is 0 Å². The predicted molar refractivity (Wildman–Crippen MR) is 25.9 cm³/mol. The van der Waals surface area contributed by atoms with Crippen molar-refractivity contribution in [1.82, 2.24) is 5.23 Å². The molecule has 0 aliphatic carbocycles. The van der Waals surface area contributed by atoms with Gasteiger partial charge in [0, 0.05) is 0 Å². The van der Waals surface area contributed by atoms with Gasteiger partial charge in [0.1, 0.15) is 0 Å². The van der Waals surface area contributed by atoms with Crippen molar-refractivity contribution >= 4 is 7.82 Å². The molecule has 1 N–H and O–H groups in total. The van der Waals surface area contributed by atoms with Crippen LogP contribution < -0.4 is 0 Å². The van der Waals surface area contributed by atoms with Gasteiger partial charge in [0.15, 0.2) is 0 Å². The highest BCUT2D eigenvalue weighted by Gasteiger charge is 2.44. The van der Waals surface area contributed by atoms with E-state index in [2.05, 4.69) is 13.9 Å². The van der Waals surface area contributed by atoms with Crippen molar-refractivity contribution in [1.29, 1.82) is 0 Å². The van der Waals surface area contributed by atoms with Crippen LogP contribution in [0.2, 0.25) is 0 Å². The fourth-order valence-corrected chi connectivity index (χ4v) is 1.12. The lowest BCUT2D eigenvalue weighted by Crippen LogP contribution is -2.32. The maximum Gasteiger partial charge on any atom is 0.539 e. The molecule has 0 atom stereocenters. The van der Waals surface area contributed by atoms with E-state index >= 15 is 0 Å². The maximum atomic E-state index is 10.4. The minimum Gasteiger partial charge on any atom is -0.241 e. The second kappa shape index (κ2) is 2.34. The van der Waals surface area contributed by atoms with E-state index in [0.717, 1.165) is 5.23 Å². The first-order valence-electron chi connectivity index (χ1n) is 2.30. The molecule has 0 spiro atoms. The van der Waals surface area contributed by atoms with Crippen LogP contribution in [0.1, 0.15) is 6.92 Å². The SMILES string of the molecule is CCN1OP(=O)(OO)O1. The molecule has 54 valence electrons. The Kier molecular flexibility index (Phi) is 1.85. The number of hydrogen-bond acceptors (Lipinski definition) is 6. The highest BCUT2D eigenvalue weighted by Crippen LogP contribution is 2.58. The molecule has 1 rings (SSSR count). The predicted octanol–water partition coefficient (Wildman–Crippen LogP) is 0.783. The highest BCUT2D eigenvalue weighted by atomic mass is 31.2. The van der Waals surface area contributed by atoms with Gasteiger partial charge in [0.25, 0.3) is 0 Å². The van der Waals surface area contributed by atoms with Gasteiger partial charge in [-0.05, 0) is 12.2 Å². The Morgan fingerprint density at radius 2 is 2.33 bits per heavy atom. The second-order valence-corrected chi connectivity index (χ2v) is 2.73. The molecule has 0 saturated carbocycles. The average Bonchev–Trinajstić information content (AvgIpc) is 1.81. The lowest BCUT2D eigenvalue weighted by Gasteiger charge is -2.31. The number of nitrogens with zero attached hydrogens (tertiary/aromatic N) is 1. The minimum absolute atomic E-state index is 0.424. The van der Waals surface area contributed by atoms with Crippen LogP contribution in [-0.2, 0) is 18.5 Å². The Bertz CT molecular complexity index is 138. The Hall–Kier alpha value is 0.0300. The molecule has 0 aromatic heterocycles. The largest absolute Gasteiger partial charge is 0.539 e. The smallest absolute Gasteiger partial charge is 0.241 e. The quantitative estimate of drug-likeness (QED) is 0.361. The fraction of sp³-hybridized carbons (Fsp3) is 1.00. The summed E-state index contributed by atoms with van der Waals surface area (Å²) in [6.45, 7) is 2.15. The summed E-state index contributed by atoms with van der Waals surface area (Å²) in [4.78, 5) is 0. The molecule has 0 radical (unpaired) electrons. The summed E-state index contributed by atoms with van der Waals surface area (Å²) in [7, 11) is -3.56. The Morgan fingerprint density at radius 1 is 1.78 bits per heavy atom. The zero-order valence-electron chi connectivity index (χ0n) is 4.68. The molecular weight excluding hydrogens is 149 g/mol. The van der Waals surface area contributed by atoms with E-state index in [-0.39, 0.29) is 0 Å². The van der Waals surface area contributed by atoms with Crippen molar-refractivity contribution in [2.75, 3.05) is 6.54 Å².